The quantitative estimate of drug-likeness (QED) is 0.780. The normalized spacial score (nSPS) is 41.1. The van der Waals surface area contributed by atoms with Crippen LogP contribution in [0.25, 0.3) is 0 Å². The Hall–Kier alpha value is 0.0300. The number of hydrogen-bond acceptors (Lipinski definition) is 4. The Balaban J connectivity index is 1.72. The number of ether oxygens (including phenoxy) is 1. The molecular weight excluding hydrogens is 238 g/mol. The molecule has 100 valence electrons. The van der Waals surface area contributed by atoms with Crippen LogP contribution in [0.1, 0.15) is 51.4 Å². The fourth-order valence-corrected chi connectivity index (χ4v) is 3.59. The first-order chi connectivity index (χ1) is 8.15. The van der Waals surface area contributed by atoms with Crippen LogP contribution in [0.4, 0.5) is 0 Å². The van der Waals surface area contributed by atoms with E-state index in [4.69, 9.17) is 10.5 Å². The van der Waals surface area contributed by atoms with E-state index in [0.29, 0.717) is 12.1 Å². The highest BCUT2D eigenvalue weighted by Gasteiger charge is 2.27. The van der Waals surface area contributed by atoms with Crippen LogP contribution in [-0.2, 0) is 15.8 Å². The van der Waals surface area contributed by atoms with Gasteiger partial charge in [-0.3, -0.25) is 4.21 Å². The topological polar surface area (TPSA) is 75.4 Å². The van der Waals surface area contributed by atoms with E-state index >= 15 is 0 Å². The summed E-state index contributed by atoms with van der Waals surface area (Å²) in [5.41, 5.74) is 5.93. The molecule has 2 N–H and O–H groups in total. The first-order valence-electron chi connectivity index (χ1n) is 6.64. The van der Waals surface area contributed by atoms with E-state index in [2.05, 4.69) is 0 Å². The van der Waals surface area contributed by atoms with Gasteiger partial charge in [0.05, 0.1) is 12.2 Å². The Kier molecular flexibility index (Phi) is 4.97. The molecule has 3 unspecified atom stereocenters. The fraction of sp³-hybridized carbons (Fsp3) is 1.00. The zero-order valence-electron chi connectivity index (χ0n) is 10.2. The molecule has 0 aromatic carbocycles. The molecule has 3 atom stereocenters. The van der Waals surface area contributed by atoms with Gasteiger partial charge in [0.1, 0.15) is 0 Å². The summed E-state index contributed by atoms with van der Waals surface area (Å²) in [5, 5.41) is -0.150. The SMILES string of the molecule is NC1CCCC(OC2CCC(S(=O)[O-])CC2)C1. The maximum atomic E-state index is 10.8. The van der Waals surface area contributed by atoms with Gasteiger partial charge in [0.15, 0.2) is 0 Å². The van der Waals surface area contributed by atoms with Crippen molar-refractivity contribution in [3.05, 3.63) is 0 Å². The second-order valence-corrected chi connectivity index (χ2v) is 6.53. The Bertz CT molecular complexity index is 266. The van der Waals surface area contributed by atoms with Crippen molar-refractivity contribution in [2.24, 2.45) is 5.73 Å². The summed E-state index contributed by atoms with van der Waals surface area (Å²) < 4.78 is 27.7. The van der Waals surface area contributed by atoms with Gasteiger partial charge in [0.2, 0.25) is 0 Å². The van der Waals surface area contributed by atoms with Crippen LogP contribution in [0.2, 0.25) is 0 Å². The monoisotopic (exact) mass is 260 g/mol. The van der Waals surface area contributed by atoms with E-state index in [-0.39, 0.29) is 11.4 Å². The van der Waals surface area contributed by atoms with Crippen LogP contribution in [0.5, 0.6) is 0 Å². The third kappa shape index (κ3) is 4.02. The summed E-state index contributed by atoms with van der Waals surface area (Å²) in [7, 11) is 0. The molecule has 0 spiro atoms. The third-order valence-electron chi connectivity index (χ3n) is 3.94. The van der Waals surface area contributed by atoms with E-state index in [1.807, 2.05) is 0 Å². The highest BCUT2D eigenvalue weighted by Crippen LogP contribution is 2.28. The van der Waals surface area contributed by atoms with E-state index in [1.165, 1.54) is 0 Å². The number of rotatable bonds is 3. The summed E-state index contributed by atoms with van der Waals surface area (Å²) in [6.45, 7) is 0. The van der Waals surface area contributed by atoms with Crippen molar-refractivity contribution in [3.63, 3.8) is 0 Å². The minimum atomic E-state index is -1.90. The summed E-state index contributed by atoms with van der Waals surface area (Å²) >= 11 is -1.90. The van der Waals surface area contributed by atoms with Crippen molar-refractivity contribution in [2.45, 2.75) is 74.9 Å². The van der Waals surface area contributed by atoms with Gasteiger partial charge in [0.25, 0.3) is 0 Å². The smallest absolute Gasteiger partial charge is 0.0593 e. The summed E-state index contributed by atoms with van der Waals surface area (Å²) in [6, 6.07) is 0.291. The van der Waals surface area contributed by atoms with Crippen molar-refractivity contribution in [3.8, 4) is 0 Å². The maximum absolute atomic E-state index is 10.8. The summed E-state index contributed by atoms with van der Waals surface area (Å²) in [6.07, 6.45) is 8.17. The minimum absolute atomic E-state index is 0.150. The average Bonchev–Trinajstić information content (AvgIpc) is 2.29. The third-order valence-corrected chi connectivity index (χ3v) is 4.96. The van der Waals surface area contributed by atoms with Crippen LogP contribution in [0.3, 0.4) is 0 Å². The van der Waals surface area contributed by atoms with Gasteiger partial charge < -0.3 is 15.0 Å². The van der Waals surface area contributed by atoms with Crippen LogP contribution < -0.4 is 5.73 Å². The second kappa shape index (κ2) is 6.27. The van der Waals surface area contributed by atoms with Crippen molar-refractivity contribution in [1.29, 1.82) is 0 Å². The van der Waals surface area contributed by atoms with Crippen LogP contribution >= 0.6 is 0 Å². The summed E-state index contributed by atoms with van der Waals surface area (Å²) in [5.74, 6) is 0. The molecule has 17 heavy (non-hydrogen) atoms. The number of hydrogen-bond donors (Lipinski definition) is 1. The molecule has 0 bridgehead atoms. The van der Waals surface area contributed by atoms with E-state index in [9.17, 15) is 8.76 Å². The lowest BCUT2D eigenvalue weighted by atomic mass is 9.92. The van der Waals surface area contributed by atoms with Crippen LogP contribution in [0, 0.1) is 0 Å². The fourth-order valence-electron chi connectivity index (χ4n) is 2.94. The maximum Gasteiger partial charge on any atom is 0.0593 e. The molecule has 0 aliphatic heterocycles. The first-order valence-corrected chi connectivity index (χ1v) is 7.78. The highest BCUT2D eigenvalue weighted by molar-refractivity contribution is 7.79. The van der Waals surface area contributed by atoms with Gasteiger partial charge in [-0.1, -0.05) is 11.1 Å². The molecule has 0 aromatic heterocycles. The largest absolute Gasteiger partial charge is 0.772 e. The molecule has 2 saturated carbocycles. The lowest BCUT2D eigenvalue weighted by molar-refractivity contribution is -0.0474. The van der Waals surface area contributed by atoms with Gasteiger partial charge in [-0.2, -0.15) is 0 Å². The van der Waals surface area contributed by atoms with Gasteiger partial charge in [0, 0.05) is 11.3 Å². The second-order valence-electron chi connectivity index (χ2n) is 5.34. The molecule has 0 amide bonds. The van der Waals surface area contributed by atoms with Gasteiger partial charge >= 0.3 is 0 Å². The van der Waals surface area contributed by atoms with Crippen molar-refractivity contribution >= 4 is 11.1 Å². The average molecular weight is 260 g/mol. The molecule has 0 aromatic rings. The Morgan fingerprint density at radius 3 is 2.35 bits per heavy atom. The zero-order chi connectivity index (χ0) is 12.3. The van der Waals surface area contributed by atoms with Gasteiger partial charge in [-0.25, -0.2) is 0 Å². The highest BCUT2D eigenvalue weighted by atomic mass is 32.2. The lowest BCUT2D eigenvalue weighted by Gasteiger charge is -2.34. The molecule has 0 heterocycles. The molecular formula is C12H22NO3S-. The molecule has 0 saturated heterocycles. The lowest BCUT2D eigenvalue weighted by Crippen LogP contribution is -2.36. The Labute approximate surface area is 106 Å². The van der Waals surface area contributed by atoms with E-state index in [0.717, 1.165) is 51.4 Å². The molecule has 2 aliphatic carbocycles. The Morgan fingerprint density at radius 1 is 1.06 bits per heavy atom. The number of nitrogens with two attached hydrogens (primary N) is 1. The van der Waals surface area contributed by atoms with Gasteiger partial charge in [-0.15, -0.1) is 0 Å². The standard InChI is InChI=1S/C12H23NO3S/c13-9-2-1-3-11(8-9)16-10-4-6-12(7-5-10)17(14)15/h9-12H,1-8,13H2,(H,14,15)/p-1. The molecule has 2 aliphatic rings. The predicted octanol–water partition coefficient (Wildman–Crippen LogP) is 1.46. The summed E-state index contributed by atoms with van der Waals surface area (Å²) in [4.78, 5) is 0. The van der Waals surface area contributed by atoms with Crippen molar-refractivity contribution in [2.75, 3.05) is 0 Å². The zero-order valence-corrected chi connectivity index (χ0v) is 11.0. The van der Waals surface area contributed by atoms with E-state index < -0.39 is 11.1 Å². The van der Waals surface area contributed by atoms with Gasteiger partial charge in [-0.05, 0) is 51.4 Å². The molecule has 5 heteroatoms. The van der Waals surface area contributed by atoms with Crippen molar-refractivity contribution in [1.82, 2.24) is 0 Å². The molecule has 4 nitrogen and oxygen atoms in total. The minimum Gasteiger partial charge on any atom is -0.772 e. The molecule has 2 rings (SSSR count). The Morgan fingerprint density at radius 2 is 1.76 bits per heavy atom. The first kappa shape index (κ1) is 13.5. The van der Waals surface area contributed by atoms with Crippen LogP contribution in [-0.4, -0.2) is 32.3 Å². The van der Waals surface area contributed by atoms with Crippen LogP contribution in [0.15, 0.2) is 0 Å². The van der Waals surface area contributed by atoms with E-state index in [1.54, 1.807) is 0 Å². The predicted molar refractivity (Wildman–Crippen MR) is 66.3 cm³/mol. The van der Waals surface area contributed by atoms with Crippen molar-refractivity contribution < 1.29 is 13.5 Å². The molecule has 0 radical (unpaired) electrons. The molecule has 2 fully saturated rings.